The first kappa shape index (κ1) is 21.3. The number of benzene rings is 2. The van der Waals surface area contributed by atoms with Crippen LogP contribution in [0.15, 0.2) is 42.5 Å². The van der Waals surface area contributed by atoms with E-state index in [9.17, 15) is 9.59 Å². The number of fused-ring (bicyclic) bond motifs is 8. The Morgan fingerprint density at radius 1 is 1.06 bits per heavy atom. The molecule has 2 aliphatic carbocycles. The van der Waals surface area contributed by atoms with E-state index in [0.29, 0.717) is 31.0 Å². The number of amides is 2. The molecule has 5 rings (SSSR count). The second-order valence-electron chi connectivity index (χ2n) is 10.2. The van der Waals surface area contributed by atoms with Crippen LogP contribution < -0.4 is 5.32 Å². The zero-order chi connectivity index (χ0) is 22.7. The van der Waals surface area contributed by atoms with Gasteiger partial charge in [0.2, 0.25) is 5.91 Å². The molecule has 2 aromatic rings. The summed E-state index contributed by atoms with van der Waals surface area (Å²) in [6.07, 6.45) is 1.81. The average molecular weight is 453 g/mol. The van der Waals surface area contributed by atoms with Gasteiger partial charge in [-0.3, -0.25) is 4.79 Å². The number of piperidine rings is 1. The van der Waals surface area contributed by atoms with Crippen LogP contribution in [0.1, 0.15) is 68.2 Å². The zero-order valence-electron chi connectivity index (χ0n) is 18.8. The Hall–Kier alpha value is -2.53. The summed E-state index contributed by atoms with van der Waals surface area (Å²) in [4.78, 5) is 28.2. The highest BCUT2D eigenvalue weighted by molar-refractivity contribution is 6.30. The molecule has 1 fully saturated rings. The lowest BCUT2D eigenvalue weighted by molar-refractivity contribution is -0.136. The van der Waals surface area contributed by atoms with E-state index in [2.05, 4.69) is 29.6 Å². The van der Waals surface area contributed by atoms with Gasteiger partial charge in [0.1, 0.15) is 11.0 Å². The summed E-state index contributed by atoms with van der Waals surface area (Å²) >= 11 is 6.38. The minimum Gasteiger partial charge on any atom is -0.444 e. The second kappa shape index (κ2) is 7.51. The maximum atomic E-state index is 14.1. The third kappa shape index (κ3) is 3.38. The molecule has 0 radical (unpaired) electrons. The molecular formula is C26H29ClN2O3. The van der Waals surface area contributed by atoms with Gasteiger partial charge in [0.15, 0.2) is 0 Å². The van der Waals surface area contributed by atoms with Crippen LogP contribution in [0.5, 0.6) is 0 Å². The van der Waals surface area contributed by atoms with Crippen molar-refractivity contribution >= 4 is 23.6 Å². The number of halogens is 1. The van der Waals surface area contributed by atoms with Crippen LogP contribution in [0.3, 0.4) is 0 Å². The van der Waals surface area contributed by atoms with Crippen LogP contribution >= 0.6 is 11.6 Å². The maximum Gasteiger partial charge on any atom is 0.407 e. The highest BCUT2D eigenvalue weighted by Crippen LogP contribution is 2.61. The summed E-state index contributed by atoms with van der Waals surface area (Å²) in [7, 11) is 0. The lowest BCUT2D eigenvalue weighted by Gasteiger charge is -2.39. The smallest absolute Gasteiger partial charge is 0.407 e. The van der Waals surface area contributed by atoms with E-state index in [1.54, 1.807) is 0 Å². The molecule has 0 unspecified atom stereocenters. The van der Waals surface area contributed by atoms with Gasteiger partial charge >= 0.3 is 6.09 Å². The molecule has 0 aromatic heterocycles. The highest BCUT2D eigenvalue weighted by atomic mass is 35.5. The number of likely N-dealkylation sites (tertiary alicyclic amines) is 1. The number of alkyl carbamates (subject to hydrolysis) is 1. The Morgan fingerprint density at radius 2 is 1.75 bits per heavy atom. The van der Waals surface area contributed by atoms with Gasteiger partial charge in [0.05, 0.1) is 0 Å². The Kier molecular flexibility index (Phi) is 5.01. The molecule has 5 nitrogen and oxygen atoms in total. The van der Waals surface area contributed by atoms with Crippen molar-refractivity contribution in [2.24, 2.45) is 0 Å². The van der Waals surface area contributed by atoms with Gasteiger partial charge in [-0.25, -0.2) is 4.79 Å². The number of nitrogens with one attached hydrogen (secondary N) is 1. The summed E-state index contributed by atoms with van der Waals surface area (Å²) in [6, 6.07) is 14.4. The predicted molar refractivity (Wildman–Crippen MR) is 124 cm³/mol. The van der Waals surface area contributed by atoms with E-state index in [1.807, 2.05) is 43.9 Å². The average Bonchev–Trinajstić information content (AvgIpc) is 3.25. The molecule has 1 aliphatic heterocycles. The summed E-state index contributed by atoms with van der Waals surface area (Å²) in [5.74, 6) is 0.401. The summed E-state index contributed by atoms with van der Waals surface area (Å²) in [6.45, 7) is 6.79. The van der Waals surface area contributed by atoms with E-state index in [1.165, 1.54) is 11.1 Å². The first-order chi connectivity index (χ1) is 15.2. The fourth-order valence-corrected chi connectivity index (χ4v) is 5.91. The van der Waals surface area contributed by atoms with Gasteiger partial charge in [0.25, 0.3) is 0 Å². The normalized spacial score (nSPS) is 24.1. The van der Waals surface area contributed by atoms with Crippen LogP contribution in [0.25, 0.3) is 0 Å². The quantitative estimate of drug-likeness (QED) is 0.698. The van der Waals surface area contributed by atoms with Gasteiger partial charge in [0, 0.05) is 30.1 Å². The van der Waals surface area contributed by atoms with Crippen molar-refractivity contribution in [1.29, 1.82) is 0 Å². The summed E-state index contributed by atoms with van der Waals surface area (Å²) < 4.78 is 5.38. The standard InChI is InChI=1S/C26H29ClN2O3/c1-25(2,3)32-24(31)28-17-10-12-29(13-11-17)23(30)26-15-20(18-6-4-5-7-21(18)26)19-9-8-16(27)14-22(19)26/h4-9,14,17,20H,10-13,15H2,1-3H3,(H,28,31)/t20-,26-/m0/s1. The SMILES string of the molecule is CC(C)(C)OC(=O)NC1CCN(C(=O)[C@@]23C[C@@H](c4ccccc42)c2ccc(Cl)cc23)CC1. The molecule has 2 bridgehead atoms. The van der Waals surface area contributed by atoms with Crippen molar-refractivity contribution in [1.82, 2.24) is 10.2 Å². The Bertz CT molecular complexity index is 1080. The van der Waals surface area contributed by atoms with E-state index in [-0.39, 0.29) is 17.9 Å². The van der Waals surface area contributed by atoms with Gasteiger partial charge in [-0.15, -0.1) is 0 Å². The predicted octanol–water partition coefficient (Wildman–Crippen LogP) is 4.99. The number of hydrogen-bond acceptors (Lipinski definition) is 3. The molecule has 1 heterocycles. The molecule has 0 spiro atoms. The Labute approximate surface area is 194 Å². The molecule has 3 aliphatic rings. The van der Waals surface area contributed by atoms with Crippen molar-refractivity contribution in [2.75, 3.05) is 13.1 Å². The van der Waals surface area contributed by atoms with Crippen molar-refractivity contribution in [3.05, 3.63) is 69.7 Å². The maximum absolute atomic E-state index is 14.1. The van der Waals surface area contributed by atoms with E-state index >= 15 is 0 Å². The molecule has 6 heteroatoms. The van der Waals surface area contributed by atoms with Gasteiger partial charge < -0.3 is 15.0 Å². The molecule has 2 atom stereocenters. The monoisotopic (exact) mass is 452 g/mol. The molecular weight excluding hydrogens is 424 g/mol. The minimum absolute atomic E-state index is 0.0142. The highest BCUT2D eigenvalue weighted by Gasteiger charge is 2.58. The molecule has 2 amide bonds. The Balaban J connectivity index is 1.37. The number of hydrogen-bond donors (Lipinski definition) is 1. The molecule has 168 valence electrons. The number of carbonyl (C=O) groups excluding carboxylic acids is 2. The van der Waals surface area contributed by atoms with Crippen LogP contribution in [-0.4, -0.2) is 41.6 Å². The zero-order valence-corrected chi connectivity index (χ0v) is 19.5. The number of ether oxygens (including phenoxy) is 1. The largest absolute Gasteiger partial charge is 0.444 e. The molecule has 1 N–H and O–H groups in total. The van der Waals surface area contributed by atoms with Crippen LogP contribution in [-0.2, 0) is 14.9 Å². The third-order valence-electron chi connectivity index (χ3n) is 7.02. The number of rotatable bonds is 2. The van der Waals surface area contributed by atoms with Crippen molar-refractivity contribution in [3.8, 4) is 0 Å². The van der Waals surface area contributed by atoms with E-state index < -0.39 is 17.1 Å². The Morgan fingerprint density at radius 3 is 2.47 bits per heavy atom. The van der Waals surface area contributed by atoms with Gasteiger partial charge in [-0.1, -0.05) is 41.9 Å². The van der Waals surface area contributed by atoms with Crippen LogP contribution in [0.2, 0.25) is 5.02 Å². The first-order valence-corrected chi connectivity index (χ1v) is 11.7. The summed E-state index contributed by atoms with van der Waals surface area (Å²) in [5, 5.41) is 3.63. The van der Waals surface area contributed by atoms with Crippen molar-refractivity contribution in [3.63, 3.8) is 0 Å². The molecule has 32 heavy (non-hydrogen) atoms. The number of nitrogens with zero attached hydrogens (tertiary/aromatic N) is 1. The summed E-state index contributed by atoms with van der Waals surface area (Å²) in [5.41, 5.74) is 3.49. The van der Waals surface area contributed by atoms with Gasteiger partial charge in [-0.05, 0) is 74.4 Å². The van der Waals surface area contributed by atoms with Crippen molar-refractivity contribution < 1.29 is 14.3 Å². The first-order valence-electron chi connectivity index (χ1n) is 11.4. The molecule has 0 saturated carbocycles. The lowest BCUT2D eigenvalue weighted by atomic mass is 9.74. The fourth-order valence-electron chi connectivity index (χ4n) is 5.74. The molecule has 1 saturated heterocycles. The fraction of sp³-hybridized carbons (Fsp3) is 0.462. The number of carbonyl (C=O) groups is 2. The topological polar surface area (TPSA) is 58.6 Å². The third-order valence-corrected chi connectivity index (χ3v) is 7.26. The second-order valence-corrected chi connectivity index (χ2v) is 10.6. The van der Waals surface area contributed by atoms with E-state index in [0.717, 1.165) is 17.5 Å². The van der Waals surface area contributed by atoms with Crippen LogP contribution in [0, 0.1) is 0 Å². The van der Waals surface area contributed by atoms with Crippen LogP contribution in [0.4, 0.5) is 4.79 Å². The van der Waals surface area contributed by atoms with E-state index in [4.69, 9.17) is 16.3 Å². The van der Waals surface area contributed by atoms with Gasteiger partial charge in [-0.2, -0.15) is 0 Å². The molecule has 2 aromatic carbocycles. The minimum atomic E-state index is -0.660. The lowest BCUT2D eigenvalue weighted by Crippen LogP contribution is -2.52. The van der Waals surface area contributed by atoms with Crippen molar-refractivity contribution in [2.45, 2.75) is 63.0 Å².